The van der Waals surface area contributed by atoms with Gasteiger partial charge in [-0.3, -0.25) is 0 Å². The summed E-state index contributed by atoms with van der Waals surface area (Å²) < 4.78 is 2.48. The molecule has 2 heterocycles. The van der Waals surface area contributed by atoms with Crippen molar-refractivity contribution >= 4 is 17.3 Å². The number of carbonyl (C=O) groups excluding carboxylic acids is 1. The molecule has 5 rings (SSSR count). The van der Waals surface area contributed by atoms with Crippen LogP contribution in [0.1, 0.15) is 31.2 Å². The monoisotopic (exact) mass is 485 g/mol. The van der Waals surface area contributed by atoms with Crippen molar-refractivity contribution in [1.29, 1.82) is 0 Å². The van der Waals surface area contributed by atoms with Gasteiger partial charge >= 0.3 is 185 Å². The number of rotatable bonds is 5. The number of hydrogen-bond donors (Lipinski definition) is 0. The van der Waals surface area contributed by atoms with Gasteiger partial charge in [-0.1, -0.05) is 0 Å². The van der Waals surface area contributed by atoms with Crippen LogP contribution in [0.2, 0.25) is 3.48 Å². The third kappa shape index (κ3) is 4.04. The van der Waals surface area contributed by atoms with E-state index in [9.17, 15) is 4.79 Å². The first-order valence-electron chi connectivity index (χ1n) is 10.7. The quantitative estimate of drug-likeness (QED) is 0.583. The fraction of sp³-hybridized carbons (Fsp3) is 0.333. The van der Waals surface area contributed by atoms with E-state index in [0.29, 0.717) is 18.8 Å². The zero-order valence-electron chi connectivity index (χ0n) is 16.8. The van der Waals surface area contributed by atoms with Gasteiger partial charge in [0.1, 0.15) is 0 Å². The van der Waals surface area contributed by atoms with Crippen LogP contribution < -0.4 is 4.90 Å². The molecule has 0 aromatic heterocycles. The Morgan fingerprint density at radius 3 is 2.38 bits per heavy atom. The van der Waals surface area contributed by atoms with Gasteiger partial charge in [0.15, 0.2) is 0 Å². The molecule has 3 aliphatic rings. The molecule has 0 saturated heterocycles. The normalized spacial score (nSPS) is 19.4. The fourth-order valence-electron chi connectivity index (χ4n) is 4.85. The van der Waals surface area contributed by atoms with E-state index in [4.69, 9.17) is 4.99 Å². The molecule has 0 N–H and O–H groups in total. The molecule has 1 aliphatic carbocycles. The summed E-state index contributed by atoms with van der Waals surface area (Å²) in [6.07, 6.45) is 6.19. The molecule has 2 aromatic carbocycles. The molecule has 0 spiro atoms. The van der Waals surface area contributed by atoms with Crippen LogP contribution in [0.3, 0.4) is 0 Å². The second-order valence-corrected chi connectivity index (χ2v) is 15.3. The van der Waals surface area contributed by atoms with Gasteiger partial charge in [0.2, 0.25) is 0 Å². The SMILES string of the molecule is O=C1C(Cc2ccccc2)=NC2=[C]([Cd][CH]3CCCC3)CN(c3ccccc3)CN12. The minimum absolute atomic E-state index is 0.0969. The Morgan fingerprint density at radius 2 is 1.66 bits per heavy atom. The van der Waals surface area contributed by atoms with Gasteiger partial charge in [-0.25, -0.2) is 0 Å². The first-order valence-corrected chi connectivity index (χ1v) is 15.1. The number of para-hydroxylation sites is 1. The standard InChI is InChI=1S/C19H16N3O.C5H9.Cd/c23-19-17(13-15-7-3-1-4-8-15)20-18-11-12-21(14-22(18)19)16-9-5-2-6-10-16;1-2-4-5-3-1;/h1-10H,12-14H2;1H,2-5H2;. The van der Waals surface area contributed by atoms with E-state index in [1.807, 2.05) is 23.1 Å². The second kappa shape index (κ2) is 8.42. The number of hydrogen-bond acceptors (Lipinski definition) is 3. The summed E-state index contributed by atoms with van der Waals surface area (Å²) in [4.78, 5) is 22.5. The number of amides is 1. The molecule has 144 valence electrons. The first kappa shape index (κ1) is 19.0. The van der Waals surface area contributed by atoms with Crippen LogP contribution >= 0.6 is 0 Å². The Bertz CT molecular complexity index is 949. The topological polar surface area (TPSA) is 35.9 Å². The molecule has 4 nitrogen and oxygen atoms in total. The number of carbonyl (C=O) groups is 1. The summed E-state index contributed by atoms with van der Waals surface area (Å²) in [5.74, 6) is 1.12. The van der Waals surface area contributed by atoms with Crippen LogP contribution in [0.15, 0.2) is 74.6 Å². The number of anilines is 1. The zero-order chi connectivity index (χ0) is 19.6. The van der Waals surface area contributed by atoms with Crippen molar-refractivity contribution in [3.05, 3.63) is 75.2 Å². The average Bonchev–Trinajstić information content (AvgIpc) is 3.38. The molecule has 2 aliphatic heterocycles. The van der Waals surface area contributed by atoms with Crippen molar-refractivity contribution in [2.75, 3.05) is 18.1 Å². The summed E-state index contributed by atoms with van der Waals surface area (Å²) in [6, 6.07) is 20.7. The predicted octanol–water partition coefficient (Wildman–Crippen LogP) is 4.60. The number of benzene rings is 2. The average molecular weight is 484 g/mol. The molecule has 0 atom stereocenters. The van der Waals surface area contributed by atoms with Gasteiger partial charge in [0.25, 0.3) is 0 Å². The Kier molecular flexibility index (Phi) is 5.53. The summed E-state index contributed by atoms with van der Waals surface area (Å²) >= 11 is -1.18. The summed E-state index contributed by atoms with van der Waals surface area (Å²) in [6.45, 7) is 1.57. The van der Waals surface area contributed by atoms with Gasteiger partial charge in [0, 0.05) is 0 Å². The van der Waals surface area contributed by atoms with Crippen molar-refractivity contribution in [3.8, 4) is 0 Å². The first-order chi connectivity index (χ1) is 14.3. The van der Waals surface area contributed by atoms with E-state index in [1.165, 1.54) is 34.5 Å². The van der Waals surface area contributed by atoms with Crippen LogP contribution in [0.5, 0.6) is 0 Å². The minimum atomic E-state index is -1.18. The Labute approximate surface area is 184 Å². The van der Waals surface area contributed by atoms with E-state index in [1.54, 1.807) is 0 Å². The molecular weight excluding hydrogens is 459 g/mol. The Balaban J connectivity index is 1.46. The molecular formula is C24H25CdN3O. The number of nitrogens with zero attached hydrogens (tertiary/aromatic N) is 3. The van der Waals surface area contributed by atoms with Crippen molar-refractivity contribution in [2.45, 2.75) is 35.6 Å². The molecule has 1 amide bonds. The van der Waals surface area contributed by atoms with Crippen LogP contribution in [0.4, 0.5) is 5.69 Å². The molecule has 0 unspecified atom stereocenters. The molecule has 29 heavy (non-hydrogen) atoms. The van der Waals surface area contributed by atoms with Crippen molar-refractivity contribution < 1.29 is 29.0 Å². The third-order valence-corrected chi connectivity index (χ3v) is 13.3. The maximum atomic E-state index is 13.3. The van der Waals surface area contributed by atoms with Crippen LogP contribution in [0.25, 0.3) is 0 Å². The summed E-state index contributed by atoms with van der Waals surface area (Å²) in [7, 11) is 0. The Hall–Kier alpha value is -1.96. The fourth-order valence-corrected chi connectivity index (χ4v) is 12.1. The van der Waals surface area contributed by atoms with E-state index in [2.05, 4.69) is 47.4 Å². The van der Waals surface area contributed by atoms with Crippen molar-refractivity contribution in [2.24, 2.45) is 4.99 Å². The zero-order valence-corrected chi connectivity index (χ0v) is 20.8. The van der Waals surface area contributed by atoms with Crippen molar-refractivity contribution in [3.63, 3.8) is 0 Å². The summed E-state index contributed by atoms with van der Waals surface area (Å²) in [5, 5.41) is 0. The van der Waals surface area contributed by atoms with Crippen LogP contribution in [-0.4, -0.2) is 29.7 Å². The second-order valence-electron chi connectivity index (χ2n) is 8.41. The third-order valence-electron chi connectivity index (χ3n) is 6.34. The van der Waals surface area contributed by atoms with Gasteiger partial charge in [-0.2, -0.15) is 0 Å². The molecule has 1 fully saturated rings. The maximum absolute atomic E-state index is 13.3. The van der Waals surface area contributed by atoms with Crippen molar-refractivity contribution in [1.82, 2.24) is 4.90 Å². The predicted molar refractivity (Wildman–Crippen MR) is 112 cm³/mol. The molecule has 2 aromatic rings. The van der Waals surface area contributed by atoms with Gasteiger partial charge in [0.05, 0.1) is 0 Å². The van der Waals surface area contributed by atoms with E-state index in [0.717, 1.165) is 21.4 Å². The molecule has 0 bridgehead atoms. The molecule has 5 heteroatoms. The molecule has 0 radical (unpaired) electrons. The molecule has 1 saturated carbocycles. The van der Waals surface area contributed by atoms with E-state index in [-0.39, 0.29) is 5.91 Å². The van der Waals surface area contributed by atoms with Gasteiger partial charge in [-0.05, 0) is 0 Å². The van der Waals surface area contributed by atoms with Crippen LogP contribution in [-0.2, 0) is 35.5 Å². The summed E-state index contributed by atoms with van der Waals surface area (Å²) in [5.41, 5.74) is 3.06. The number of fused-ring (bicyclic) bond motifs is 1. The Morgan fingerprint density at radius 1 is 0.966 bits per heavy atom. The van der Waals surface area contributed by atoms with Crippen LogP contribution in [0, 0.1) is 0 Å². The number of aliphatic imine (C=N–C) groups is 1. The van der Waals surface area contributed by atoms with Gasteiger partial charge < -0.3 is 0 Å². The van der Waals surface area contributed by atoms with E-state index >= 15 is 0 Å². The van der Waals surface area contributed by atoms with Gasteiger partial charge in [-0.15, -0.1) is 0 Å². The van der Waals surface area contributed by atoms with E-state index < -0.39 is 24.2 Å².